The lowest BCUT2D eigenvalue weighted by Gasteiger charge is -2.34. The topological polar surface area (TPSA) is 86.8 Å². The third kappa shape index (κ3) is 8.66. The molecule has 1 saturated carbocycles. The number of nitrogens with one attached hydrogen (secondary N) is 1. The van der Waals surface area contributed by atoms with Crippen LogP contribution in [0.2, 0.25) is 0 Å². The Morgan fingerprint density at radius 2 is 1.39 bits per heavy atom. The second-order valence-electron chi connectivity index (χ2n) is 11.6. The zero-order valence-corrected chi connectivity index (χ0v) is 29.6. The summed E-state index contributed by atoms with van der Waals surface area (Å²) in [7, 11) is -4.15. The van der Waals surface area contributed by atoms with Crippen LogP contribution >= 0.6 is 31.9 Å². The van der Waals surface area contributed by atoms with E-state index < -0.39 is 28.5 Å². The molecule has 10 heteroatoms. The molecule has 7 nitrogen and oxygen atoms in total. The van der Waals surface area contributed by atoms with Crippen LogP contribution in [0, 0.1) is 6.92 Å². The van der Waals surface area contributed by atoms with E-state index in [1.54, 1.807) is 48.5 Å². The summed E-state index contributed by atoms with van der Waals surface area (Å²) in [6.07, 6.45) is 4.18. The number of anilines is 1. The molecule has 1 N–H and O–H groups in total. The van der Waals surface area contributed by atoms with Crippen LogP contribution in [0.3, 0.4) is 0 Å². The van der Waals surface area contributed by atoms with Crippen LogP contribution in [0.5, 0.6) is 0 Å². The Hall–Kier alpha value is -3.47. The predicted octanol–water partition coefficient (Wildman–Crippen LogP) is 7.41. The van der Waals surface area contributed by atoms with E-state index in [9.17, 15) is 18.0 Å². The molecule has 0 bridgehead atoms. The number of sulfonamides is 1. The molecule has 1 atom stereocenters. The van der Waals surface area contributed by atoms with E-state index in [1.165, 1.54) is 4.90 Å². The van der Waals surface area contributed by atoms with Gasteiger partial charge in [0.05, 0.1) is 10.6 Å². The first kappa shape index (κ1) is 33.9. The third-order valence-electron chi connectivity index (χ3n) is 8.24. The monoisotopic (exact) mass is 765 g/mol. The minimum atomic E-state index is -4.15. The Morgan fingerprint density at radius 1 is 0.804 bits per heavy atom. The highest BCUT2D eigenvalue weighted by atomic mass is 79.9. The summed E-state index contributed by atoms with van der Waals surface area (Å²) < 4.78 is 31.1. The molecule has 5 rings (SSSR count). The maximum absolute atomic E-state index is 14.6. The molecule has 240 valence electrons. The van der Waals surface area contributed by atoms with Crippen molar-refractivity contribution in [1.82, 2.24) is 10.2 Å². The number of carbonyl (C=O) groups is 2. The SMILES string of the molecule is Cc1ccc(S(=O)(=O)N(CC(=O)N(Cc2ccc(Br)cc2)[C@@H](Cc2ccccc2)C(=O)NC2CCCC2)c2ccc(Br)cc2)cc1. The van der Waals surface area contributed by atoms with Gasteiger partial charge in [-0.3, -0.25) is 13.9 Å². The van der Waals surface area contributed by atoms with E-state index in [0.717, 1.165) is 55.6 Å². The van der Waals surface area contributed by atoms with Gasteiger partial charge >= 0.3 is 0 Å². The van der Waals surface area contributed by atoms with Gasteiger partial charge in [0.1, 0.15) is 12.6 Å². The Morgan fingerprint density at radius 3 is 2.00 bits per heavy atom. The summed E-state index contributed by atoms with van der Waals surface area (Å²) >= 11 is 6.90. The van der Waals surface area contributed by atoms with Gasteiger partial charge in [-0.15, -0.1) is 0 Å². The number of halogens is 2. The van der Waals surface area contributed by atoms with Crippen molar-refractivity contribution in [3.8, 4) is 0 Å². The van der Waals surface area contributed by atoms with E-state index in [2.05, 4.69) is 37.2 Å². The van der Waals surface area contributed by atoms with E-state index in [4.69, 9.17) is 0 Å². The van der Waals surface area contributed by atoms with Crippen LogP contribution in [-0.2, 0) is 32.6 Å². The van der Waals surface area contributed by atoms with Crippen molar-refractivity contribution in [2.24, 2.45) is 0 Å². The number of aryl methyl sites for hydroxylation is 1. The van der Waals surface area contributed by atoms with Gasteiger partial charge in [0.2, 0.25) is 11.8 Å². The van der Waals surface area contributed by atoms with Crippen LogP contribution in [-0.4, -0.2) is 43.8 Å². The highest BCUT2D eigenvalue weighted by Gasteiger charge is 2.35. The lowest BCUT2D eigenvalue weighted by Crippen LogP contribution is -2.54. The Kier molecular flexibility index (Phi) is 11.4. The fourth-order valence-corrected chi connectivity index (χ4v) is 7.62. The number of benzene rings is 4. The van der Waals surface area contributed by atoms with Gasteiger partial charge in [0, 0.05) is 28.0 Å². The average molecular weight is 768 g/mol. The van der Waals surface area contributed by atoms with Crippen LogP contribution < -0.4 is 9.62 Å². The molecule has 4 aromatic carbocycles. The van der Waals surface area contributed by atoms with Gasteiger partial charge in [0.25, 0.3) is 10.0 Å². The molecule has 0 aliphatic heterocycles. The van der Waals surface area contributed by atoms with E-state index in [0.29, 0.717) is 5.69 Å². The predicted molar refractivity (Wildman–Crippen MR) is 189 cm³/mol. The zero-order valence-electron chi connectivity index (χ0n) is 25.6. The highest BCUT2D eigenvalue weighted by Crippen LogP contribution is 2.27. The van der Waals surface area contributed by atoms with Gasteiger partial charge in [-0.2, -0.15) is 0 Å². The molecule has 1 aliphatic carbocycles. The van der Waals surface area contributed by atoms with E-state index >= 15 is 0 Å². The fraction of sp³-hybridized carbons (Fsp3) is 0.278. The molecule has 46 heavy (non-hydrogen) atoms. The van der Waals surface area contributed by atoms with Gasteiger partial charge in [-0.05, 0) is 79.4 Å². The smallest absolute Gasteiger partial charge is 0.264 e. The number of nitrogens with zero attached hydrogens (tertiary/aromatic N) is 2. The summed E-state index contributed by atoms with van der Waals surface area (Å²) in [5.74, 6) is -0.721. The molecule has 1 aliphatic rings. The van der Waals surface area contributed by atoms with Crippen molar-refractivity contribution >= 4 is 59.4 Å². The van der Waals surface area contributed by atoms with Crippen molar-refractivity contribution in [1.29, 1.82) is 0 Å². The Labute approximate surface area is 288 Å². The molecule has 0 spiro atoms. The molecule has 1 fully saturated rings. The van der Waals surface area contributed by atoms with Gasteiger partial charge in [-0.1, -0.05) is 105 Å². The first-order valence-corrected chi connectivity index (χ1v) is 18.4. The summed E-state index contributed by atoms with van der Waals surface area (Å²) in [6, 6.07) is 29.7. The maximum atomic E-state index is 14.6. The minimum absolute atomic E-state index is 0.0524. The number of hydrogen-bond donors (Lipinski definition) is 1. The summed E-state index contributed by atoms with van der Waals surface area (Å²) in [5.41, 5.74) is 2.98. The maximum Gasteiger partial charge on any atom is 0.264 e. The molecule has 4 aromatic rings. The molecular weight excluding hydrogens is 730 g/mol. The number of hydrogen-bond acceptors (Lipinski definition) is 4. The molecule has 0 heterocycles. The van der Waals surface area contributed by atoms with Crippen molar-refractivity contribution in [2.45, 2.75) is 62.6 Å². The largest absolute Gasteiger partial charge is 0.352 e. The quantitative estimate of drug-likeness (QED) is 0.163. The molecule has 0 aromatic heterocycles. The second kappa shape index (κ2) is 15.4. The fourth-order valence-electron chi connectivity index (χ4n) is 5.68. The second-order valence-corrected chi connectivity index (χ2v) is 15.3. The van der Waals surface area contributed by atoms with Crippen LogP contribution in [0.25, 0.3) is 0 Å². The number of carbonyl (C=O) groups excluding carboxylic acids is 2. The van der Waals surface area contributed by atoms with E-state index in [1.807, 2.05) is 61.5 Å². The summed E-state index contributed by atoms with van der Waals surface area (Å²) in [5, 5.41) is 3.20. The first-order valence-electron chi connectivity index (χ1n) is 15.3. The van der Waals surface area contributed by atoms with Crippen LogP contribution in [0.4, 0.5) is 5.69 Å². The number of rotatable bonds is 12. The van der Waals surface area contributed by atoms with Crippen molar-refractivity contribution in [3.63, 3.8) is 0 Å². The van der Waals surface area contributed by atoms with Crippen molar-refractivity contribution in [2.75, 3.05) is 10.8 Å². The summed E-state index contributed by atoms with van der Waals surface area (Å²) in [6.45, 7) is 1.52. The molecule has 0 saturated heterocycles. The first-order chi connectivity index (χ1) is 22.1. The average Bonchev–Trinajstić information content (AvgIpc) is 3.56. The Bertz CT molecular complexity index is 1730. The van der Waals surface area contributed by atoms with E-state index in [-0.39, 0.29) is 29.8 Å². The Balaban J connectivity index is 1.55. The molecule has 0 radical (unpaired) electrons. The van der Waals surface area contributed by atoms with Crippen molar-refractivity contribution < 1.29 is 18.0 Å². The summed E-state index contributed by atoms with van der Waals surface area (Å²) in [4.78, 5) is 30.3. The molecule has 0 unspecified atom stereocenters. The molecular formula is C36H37Br2N3O4S. The standard InChI is InChI=1S/C36H37Br2N3O4S/c1-26-11-21-33(22-12-26)46(44,45)41(32-19-17-30(38)18-20-32)25-35(42)40(24-28-13-15-29(37)16-14-28)34(23-27-7-3-2-4-8-27)36(43)39-31-9-5-6-10-31/h2-4,7-8,11-22,31,34H,5-6,9-10,23-25H2,1H3,(H,39,43)/t34-/m0/s1. The minimum Gasteiger partial charge on any atom is -0.352 e. The van der Waals surface area contributed by atoms with Crippen molar-refractivity contribution in [3.05, 3.63) is 129 Å². The lowest BCUT2D eigenvalue weighted by molar-refractivity contribution is -0.140. The van der Waals surface area contributed by atoms with Gasteiger partial charge in [0.15, 0.2) is 0 Å². The normalized spacial score (nSPS) is 14.1. The highest BCUT2D eigenvalue weighted by molar-refractivity contribution is 9.10. The van der Waals surface area contributed by atoms with Crippen LogP contribution in [0.1, 0.15) is 42.4 Å². The molecule has 2 amide bonds. The van der Waals surface area contributed by atoms with Gasteiger partial charge in [-0.25, -0.2) is 8.42 Å². The third-order valence-corrected chi connectivity index (χ3v) is 11.1. The lowest BCUT2D eigenvalue weighted by atomic mass is 10.0. The zero-order chi connectivity index (χ0) is 32.7. The van der Waals surface area contributed by atoms with Crippen LogP contribution in [0.15, 0.2) is 117 Å². The van der Waals surface area contributed by atoms with Gasteiger partial charge < -0.3 is 10.2 Å². The number of amides is 2.